The van der Waals surface area contributed by atoms with Crippen molar-refractivity contribution in [2.45, 2.75) is 22.8 Å². The molecular formula is C10H16As2. The zero-order valence-corrected chi connectivity index (χ0v) is 12.0. The van der Waals surface area contributed by atoms with Crippen molar-refractivity contribution in [3.05, 3.63) is 24.3 Å². The summed E-state index contributed by atoms with van der Waals surface area (Å²) in [7, 11) is 0. The van der Waals surface area contributed by atoms with E-state index in [0.29, 0.717) is 0 Å². The van der Waals surface area contributed by atoms with Crippen LogP contribution in [-0.2, 0) is 0 Å². The molecule has 0 N–H and O–H groups in total. The van der Waals surface area contributed by atoms with Gasteiger partial charge in [0.05, 0.1) is 0 Å². The molecule has 0 amide bonds. The van der Waals surface area contributed by atoms with E-state index < -0.39 is 29.3 Å². The van der Waals surface area contributed by atoms with Gasteiger partial charge in [0.2, 0.25) is 0 Å². The van der Waals surface area contributed by atoms with Gasteiger partial charge in [-0.25, -0.2) is 0 Å². The molecule has 0 unspecified atom stereocenters. The summed E-state index contributed by atoms with van der Waals surface area (Å²) in [6.07, 6.45) is 0. The summed E-state index contributed by atoms with van der Waals surface area (Å²) in [5.41, 5.74) is 9.68. The first-order valence-electron chi connectivity index (χ1n) is 4.06. The predicted molar refractivity (Wildman–Crippen MR) is 60.7 cm³/mol. The van der Waals surface area contributed by atoms with Crippen LogP contribution < -0.4 is 8.70 Å². The predicted octanol–water partition coefficient (Wildman–Crippen LogP) is 1.61. The van der Waals surface area contributed by atoms with Gasteiger partial charge in [0, 0.05) is 0 Å². The van der Waals surface area contributed by atoms with Gasteiger partial charge in [0.25, 0.3) is 0 Å². The molecular weight excluding hydrogens is 270 g/mol. The molecule has 0 heterocycles. The molecule has 66 valence electrons. The third-order valence-electron chi connectivity index (χ3n) is 1.85. The van der Waals surface area contributed by atoms with Crippen molar-refractivity contribution in [3.8, 4) is 0 Å². The summed E-state index contributed by atoms with van der Waals surface area (Å²) in [5.74, 6) is 0. The van der Waals surface area contributed by atoms with Gasteiger partial charge in [-0.2, -0.15) is 0 Å². The normalized spacial score (nSPS) is 11.2. The molecule has 0 aliphatic carbocycles. The third-order valence-corrected chi connectivity index (χ3v) is 8.36. The topological polar surface area (TPSA) is 0 Å². The van der Waals surface area contributed by atoms with Crippen molar-refractivity contribution in [1.29, 1.82) is 0 Å². The van der Waals surface area contributed by atoms with Crippen LogP contribution in [0.2, 0.25) is 22.8 Å². The average molecular weight is 286 g/mol. The molecule has 0 radical (unpaired) electrons. The van der Waals surface area contributed by atoms with Crippen LogP contribution >= 0.6 is 0 Å². The zero-order valence-electron chi connectivity index (χ0n) is 8.20. The van der Waals surface area contributed by atoms with Crippen LogP contribution in [0.4, 0.5) is 0 Å². The fourth-order valence-electron chi connectivity index (χ4n) is 1.22. The second-order valence-corrected chi connectivity index (χ2v) is 12.8. The molecule has 1 aromatic carbocycles. The Kier molecular flexibility index (Phi) is 3.94. The molecule has 1 rings (SSSR count). The van der Waals surface area contributed by atoms with E-state index in [4.69, 9.17) is 0 Å². The maximum absolute atomic E-state index is 2.42. The minimum absolute atomic E-state index is 0.651. The van der Waals surface area contributed by atoms with Crippen molar-refractivity contribution >= 4 is 38.0 Å². The van der Waals surface area contributed by atoms with Crippen LogP contribution in [0.5, 0.6) is 0 Å². The first-order valence-corrected chi connectivity index (χ1v) is 13.4. The molecule has 0 spiro atoms. The maximum atomic E-state index is 2.42. The van der Waals surface area contributed by atoms with Crippen LogP contribution in [0, 0.1) is 0 Å². The first-order chi connectivity index (χ1) is 5.63. The van der Waals surface area contributed by atoms with E-state index in [1.807, 2.05) is 0 Å². The number of hydrogen-bond acceptors (Lipinski definition) is 0. The van der Waals surface area contributed by atoms with Gasteiger partial charge in [-0.3, -0.25) is 0 Å². The van der Waals surface area contributed by atoms with Crippen molar-refractivity contribution in [2.75, 3.05) is 0 Å². The Morgan fingerprint density at radius 1 is 0.750 bits per heavy atom. The van der Waals surface area contributed by atoms with Gasteiger partial charge < -0.3 is 0 Å². The summed E-state index contributed by atoms with van der Waals surface area (Å²) in [4.78, 5) is 0. The fraction of sp³-hybridized carbons (Fsp3) is 0.400. The Hall–Kier alpha value is 0.337. The van der Waals surface area contributed by atoms with Crippen molar-refractivity contribution in [1.82, 2.24) is 0 Å². The number of hydrogen-bond donors (Lipinski definition) is 0. The van der Waals surface area contributed by atoms with Crippen LogP contribution in [0.3, 0.4) is 0 Å². The molecule has 2 heteroatoms. The molecule has 0 aliphatic heterocycles. The number of rotatable bonds is 2. The summed E-state index contributed by atoms with van der Waals surface area (Å²) < 4.78 is 3.41. The second-order valence-electron chi connectivity index (χ2n) is 3.28. The fourth-order valence-corrected chi connectivity index (χ4v) is 9.43. The van der Waals surface area contributed by atoms with Crippen LogP contribution in [0.15, 0.2) is 24.3 Å². The summed E-state index contributed by atoms with van der Waals surface area (Å²) in [6.45, 7) is 0. The van der Waals surface area contributed by atoms with Crippen LogP contribution in [0.25, 0.3) is 0 Å². The molecule has 0 nitrogen and oxygen atoms in total. The van der Waals surface area contributed by atoms with E-state index in [0.717, 1.165) is 0 Å². The summed E-state index contributed by atoms with van der Waals surface area (Å²) in [5, 5.41) is 0. The number of benzene rings is 1. The third kappa shape index (κ3) is 2.41. The minimum atomic E-state index is -0.651. The molecule has 0 fully saturated rings. The van der Waals surface area contributed by atoms with E-state index in [9.17, 15) is 0 Å². The average Bonchev–Trinajstić information content (AvgIpc) is 2.04. The van der Waals surface area contributed by atoms with Gasteiger partial charge >= 0.3 is 85.1 Å². The van der Waals surface area contributed by atoms with Gasteiger partial charge in [-0.15, -0.1) is 0 Å². The molecule has 0 aliphatic rings. The molecule has 0 aromatic heterocycles. The van der Waals surface area contributed by atoms with Crippen LogP contribution in [-0.4, -0.2) is 29.3 Å². The van der Waals surface area contributed by atoms with E-state index >= 15 is 0 Å². The molecule has 12 heavy (non-hydrogen) atoms. The van der Waals surface area contributed by atoms with Crippen LogP contribution in [0.1, 0.15) is 0 Å². The Morgan fingerprint density at radius 3 is 1.33 bits per heavy atom. The quantitative estimate of drug-likeness (QED) is 0.725. The van der Waals surface area contributed by atoms with Crippen molar-refractivity contribution < 1.29 is 0 Å². The zero-order chi connectivity index (χ0) is 9.14. The molecule has 0 atom stereocenters. The Balaban J connectivity index is 3.09. The van der Waals surface area contributed by atoms with Gasteiger partial charge in [0.1, 0.15) is 0 Å². The van der Waals surface area contributed by atoms with Gasteiger partial charge in [0.15, 0.2) is 0 Å². The first kappa shape index (κ1) is 10.4. The second kappa shape index (κ2) is 4.54. The monoisotopic (exact) mass is 286 g/mol. The molecule has 1 aromatic rings. The van der Waals surface area contributed by atoms with E-state index in [1.165, 1.54) is 0 Å². The van der Waals surface area contributed by atoms with Crippen molar-refractivity contribution in [3.63, 3.8) is 0 Å². The molecule has 0 saturated heterocycles. The van der Waals surface area contributed by atoms with E-state index in [1.54, 1.807) is 8.70 Å². The molecule has 0 saturated carbocycles. The van der Waals surface area contributed by atoms with Crippen molar-refractivity contribution in [2.24, 2.45) is 0 Å². The SMILES string of the molecule is C[As](C)c1ccccc1[As](C)C. The summed E-state index contributed by atoms with van der Waals surface area (Å²) in [6, 6.07) is 9.05. The standard InChI is InChI=1S/C10H16As2/c1-11(2)9-7-5-6-8-10(9)12(3)4/h5-8H,1-4H3. The van der Waals surface area contributed by atoms with Gasteiger partial charge in [-0.05, 0) is 0 Å². The van der Waals surface area contributed by atoms with E-state index in [2.05, 4.69) is 47.1 Å². The van der Waals surface area contributed by atoms with E-state index in [-0.39, 0.29) is 0 Å². The molecule has 0 bridgehead atoms. The van der Waals surface area contributed by atoms with Gasteiger partial charge in [-0.1, -0.05) is 0 Å². The Bertz CT molecular complexity index is 227. The summed E-state index contributed by atoms with van der Waals surface area (Å²) >= 11 is -1.30. The Morgan fingerprint density at radius 2 is 1.08 bits per heavy atom. The Labute approximate surface area is 84.9 Å².